The molecular formula is C22H24F3IN2O3. The van der Waals surface area contributed by atoms with Crippen molar-refractivity contribution in [1.29, 1.82) is 0 Å². The lowest BCUT2D eigenvalue weighted by Gasteiger charge is -2.39. The van der Waals surface area contributed by atoms with Crippen LogP contribution in [0.15, 0.2) is 36.4 Å². The minimum absolute atomic E-state index is 0.201. The summed E-state index contributed by atoms with van der Waals surface area (Å²) in [5, 5.41) is 0. The van der Waals surface area contributed by atoms with Gasteiger partial charge < -0.3 is 15.2 Å². The highest BCUT2D eigenvalue weighted by molar-refractivity contribution is 14.1. The van der Waals surface area contributed by atoms with Crippen molar-refractivity contribution in [2.24, 2.45) is 5.73 Å². The Hall–Kier alpha value is -2.01. The van der Waals surface area contributed by atoms with Gasteiger partial charge in [0.25, 0.3) is 0 Å². The molecule has 1 aliphatic rings. The Morgan fingerprint density at radius 2 is 1.87 bits per heavy atom. The van der Waals surface area contributed by atoms with E-state index in [0.717, 1.165) is 17.2 Å². The predicted molar refractivity (Wildman–Crippen MR) is 119 cm³/mol. The molecule has 9 heteroatoms. The fourth-order valence-electron chi connectivity index (χ4n) is 4.11. The zero-order chi connectivity index (χ0) is 22.8. The number of carbonyl (C=O) groups excluding carboxylic acids is 1. The highest BCUT2D eigenvalue weighted by Crippen LogP contribution is 2.42. The molecule has 168 valence electrons. The number of alkyl halides is 4. The number of amides is 1. The molecule has 0 radical (unpaired) electrons. The Balaban J connectivity index is 2.00. The van der Waals surface area contributed by atoms with E-state index in [4.69, 9.17) is 15.2 Å². The second kappa shape index (κ2) is 9.64. The summed E-state index contributed by atoms with van der Waals surface area (Å²) in [6.45, 7) is 0.560. The van der Waals surface area contributed by atoms with Gasteiger partial charge in [0.15, 0.2) is 11.5 Å². The normalized spacial score (nSPS) is 17.7. The number of hydrogen-bond acceptors (Lipinski definition) is 4. The van der Waals surface area contributed by atoms with E-state index < -0.39 is 21.7 Å². The first-order valence-corrected chi connectivity index (χ1v) is 11.0. The monoisotopic (exact) mass is 548 g/mol. The van der Waals surface area contributed by atoms with Crippen LogP contribution in [0.3, 0.4) is 0 Å². The van der Waals surface area contributed by atoms with Crippen molar-refractivity contribution in [2.75, 3.05) is 20.8 Å². The number of hydrogen-bond donors (Lipinski definition) is 1. The lowest BCUT2D eigenvalue weighted by Crippen LogP contribution is -2.46. The number of aryl methyl sites for hydroxylation is 1. The number of nitrogens with zero attached hydrogens (tertiary/aromatic N) is 1. The van der Waals surface area contributed by atoms with Crippen LogP contribution in [0, 0.1) is 0 Å². The van der Waals surface area contributed by atoms with Crippen molar-refractivity contribution in [2.45, 2.75) is 35.5 Å². The lowest BCUT2D eigenvalue weighted by atomic mass is 9.87. The fraction of sp³-hybridized carbons (Fsp3) is 0.409. The summed E-state index contributed by atoms with van der Waals surface area (Å²) < 4.78 is 50.6. The second-order valence-electron chi connectivity index (χ2n) is 7.34. The number of halogens is 4. The maximum atomic E-state index is 13.4. The van der Waals surface area contributed by atoms with Crippen LogP contribution in [0.2, 0.25) is 0 Å². The molecule has 0 unspecified atom stereocenters. The van der Waals surface area contributed by atoms with Crippen LogP contribution in [0.25, 0.3) is 0 Å². The van der Waals surface area contributed by atoms with E-state index in [2.05, 4.69) is 0 Å². The molecule has 0 fully saturated rings. The Kier molecular flexibility index (Phi) is 7.35. The van der Waals surface area contributed by atoms with E-state index in [1.807, 2.05) is 39.6 Å². The summed E-state index contributed by atoms with van der Waals surface area (Å²) in [6, 6.07) is 9.05. The second-order valence-corrected chi connectivity index (χ2v) is 8.52. The van der Waals surface area contributed by atoms with E-state index >= 15 is 0 Å². The topological polar surface area (TPSA) is 64.8 Å². The van der Waals surface area contributed by atoms with Gasteiger partial charge in [-0.15, -0.1) is 0 Å². The summed E-state index contributed by atoms with van der Waals surface area (Å²) >= 11 is 1.99. The third-order valence-electron chi connectivity index (χ3n) is 5.58. The smallest absolute Gasteiger partial charge is 0.416 e. The van der Waals surface area contributed by atoms with Gasteiger partial charge in [0, 0.05) is 12.6 Å². The van der Waals surface area contributed by atoms with E-state index in [1.165, 1.54) is 19.2 Å². The lowest BCUT2D eigenvalue weighted by molar-refractivity contribution is -0.138. The molecule has 1 heterocycles. The summed E-state index contributed by atoms with van der Waals surface area (Å²) in [5.74, 6) is 0.648. The van der Waals surface area contributed by atoms with Gasteiger partial charge in [-0.25, -0.2) is 0 Å². The molecule has 31 heavy (non-hydrogen) atoms. The van der Waals surface area contributed by atoms with Gasteiger partial charge in [-0.3, -0.25) is 9.69 Å². The van der Waals surface area contributed by atoms with E-state index in [9.17, 15) is 18.0 Å². The molecule has 1 amide bonds. The Morgan fingerprint density at radius 1 is 1.23 bits per heavy atom. The number of rotatable bonds is 7. The van der Waals surface area contributed by atoms with Crippen molar-refractivity contribution < 1.29 is 27.4 Å². The van der Waals surface area contributed by atoms with Gasteiger partial charge in [0.1, 0.15) is 4.05 Å². The molecule has 2 aromatic rings. The van der Waals surface area contributed by atoms with Crippen molar-refractivity contribution in [1.82, 2.24) is 4.90 Å². The van der Waals surface area contributed by atoms with Gasteiger partial charge in [-0.2, -0.15) is 13.2 Å². The molecule has 0 bridgehead atoms. The van der Waals surface area contributed by atoms with Crippen LogP contribution >= 0.6 is 22.6 Å². The highest BCUT2D eigenvalue weighted by Gasteiger charge is 2.36. The molecule has 1 aliphatic heterocycles. The van der Waals surface area contributed by atoms with E-state index in [-0.39, 0.29) is 18.0 Å². The molecule has 0 aliphatic carbocycles. The van der Waals surface area contributed by atoms with Gasteiger partial charge in [-0.1, -0.05) is 40.8 Å². The average Bonchev–Trinajstić information content (AvgIpc) is 2.75. The first-order chi connectivity index (χ1) is 14.7. The van der Waals surface area contributed by atoms with E-state index in [1.54, 1.807) is 13.2 Å². The van der Waals surface area contributed by atoms with Crippen molar-refractivity contribution in [3.8, 4) is 11.5 Å². The molecule has 2 aromatic carbocycles. The molecule has 0 aromatic heterocycles. The van der Waals surface area contributed by atoms with Crippen molar-refractivity contribution >= 4 is 28.5 Å². The molecule has 3 rings (SSSR count). The SMILES string of the molecule is COc1cc2c(cc1OC)[C@H](CCc1ccccc1C(F)(F)F)N([C@H](I)C(N)=O)CC2. The van der Waals surface area contributed by atoms with Crippen LogP contribution in [0.5, 0.6) is 11.5 Å². The van der Waals surface area contributed by atoms with Gasteiger partial charge >= 0.3 is 6.18 Å². The van der Waals surface area contributed by atoms with Crippen LogP contribution in [-0.2, 0) is 23.8 Å². The maximum Gasteiger partial charge on any atom is 0.416 e. The Bertz CT molecular complexity index is 952. The van der Waals surface area contributed by atoms with Crippen LogP contribution in [0.4, 0.5) is 13.2 Å². The quantitative estimate of drug-likeness (QED) is 0.315. The van der Waals surface area contributed by atoms with Gasteiger partial charge in [0.2, 0.25) is 5.91 Å². The van der Waals surface area contributed by atoms with Crippen LogP contribution in [-0.4, -0.2) is 35.6 Å². The Labute approximate surface area is 192 Å². The Morgan fingerprint density at radius 3 is 2.48 bits per heavy atom. The van der Waals surface area contributed by atoms with Crippen molar-refractivity contribution in [3.63, 3.8) is 0 Å². The first-order valence-electron chi connectivity index (χ1n) is 9.76. The molecule has 5 nitrogen and oxygen atoms in total. The number of nitrogens with two attached hydrogens (primary N) is 1. The predicted octanol–water partition coefficient (Wildman–Crippen LogP) is 4.50. The number of ether oxygens (including phenoxy) is 2. The molecule has 2 N–H and O–H groups in total. The van der Waals surface area contributed by atoms with E-state index in [0.29, 0.717) is 30.9 Å². The van der Waals surface area contributed by atoms with Crippen molar-refractivity contribution in [3.05, 3.63) is 58.7 Å². The molecule has 0 saturated heterocycles. The number of fused-ring (bicyclic) bond motifs is 1. The maximum absolute atomic E-state index is 13.4. The number of benzene rings is 2. The number of carbonyl (C=O) groups is 1. The minimum atomic E-state index is -4.42. The summed E-state index contributed by atoms with van der Waals surface area (Å²) in [4.78, 5) is 13.9. The standard InChI is InChI=1S/C22H24F3IN2O3/c1-30-18-11-14-9-10-28(20(26)21(27)29)17(15(14)12-19(18)31-2)8-7-13-5-3-4-6-16(13)22(23,24)25/h3-6,11-12,17,20H,7-10H2,1-2H3,(H2,27,29)/t17-,20-/m0/s1. The summed E-state index contributed by atoms with van der Waals surface area (Å²) in [5.41, 5.74) is 7.09. The summed E-state index contributed by atoms with van der Waals surface area (Å²) in [7, 11) is 3.09. The van der Waals surface area contributed by atoms with Gasteiger partial charge in [-0.05, 0) is 54.2 Å². The average molecular weight is 548 g/mol. The first kappa shape index (κ1) is 23.6. The molecule has 0 spiro atoms. The number of primary amides is 1. The largest absolute Gasteiger partial charge is 0.493 e. The highest BCUT2D eigenvalue weighted by atomic mass is 127. The fourth-order valence-corrected chi connectivity index (χ4v) is 4.78. The molecular weight excluding hydrogens is 524 g/mol. The van der Waals surface area contributed by atoms with Crippen LogP contribution < -0.4 is 15.2 Å². The number of methoxy groups -OCH3 is 2. The third kappa shape index (κ3) is 5.08. The van der Waals surface area contributed by atoms with Crippen LogP contribution in [0.1, 0.15) is 34.7 Å². The van der Waals surface area contributed by atoms with Gasteiger partial charge in [0.05, 0.1) is 19.8 Å². The third-order valence-corrected chi connectivity index (χ3v) is 6.91. The minimum Gasteiger partial charge on any atom is -0.493 e. The zero-order valence-electron chi connectivity index (χ0n) is 17.2. The molecule has 0 saturated carbocycles. The zero-order valence-corrected chi connectivity index (χ0v) is 19.4. The molecule has 2 atom stereocenters. The summed E-state index contributed by atoms with van der Waals surface area (Å²) in [6.07, 6.45) is -3.16.